The van der Waals surface area contributed by atoms with E-state index in [0.717, 1.165) is 0 Å². The first-order chi connectivity index (χ1) is 6.24. The van der Waals surface area contributed by atoms with E-state index in [0.29, 0.717) is 18.8 Å². The minimum absolute atomic E-state index is 0.0425. The highest BCUT2D eigenvalue weighted by Crippen LogP contribution is 1.97. The molecule has 0 aliphatic carbocycles. The van der Waals surface area contributed by atoms with E-state index in [1.807, 2.05) is 0 Å². The Morgan fingerprint density at radius 1 is 1.69 bits per heavy atom. The summed E-state index contributed by atoms with van der Waals surface area (Å²) in [6.07, 6.45) is 1.72. The van der Waals surface area contributed by atoms with Crippen LogP contribution >= 0.6 is 0 Å². The molecule has 0 bridgehead atoms. The summed E-state index contributed by atoms with van der Waals surface area (Å²) < 4.78 is 0. The Balaban J connectivity index is 2.42. The molecule has 0 aliphatic heterocycles. The zero-order valence-corrected chi connectivity index (χ0v) is 7.66. The first kappa shape index (κ1) is 9.95. The standard InChI is InChI=1S/C9H14N2O2/c1-11(5-6-12)7-9(13)8-3-2-4-10-8/h2-4,10,12H,5-7H2,1H3. The van der Waals surface area contributed by atoms with E-state index in [4.69, 9.17) is 5.11 Å². The van der Waals surface area contributed by atoms with Crippen molar-refractivity contribution in [2.75, 3.05) is 26.7 Å². The minimum atomic E-state index is 0.0425. The largest absolute Gasteiger partial charge is 0.395 e. The highest BCUT2D eigenvalue weighted by atomic mass is 16.3. The molecule has 1 aromatic rings. The predicted octanol–water partition coefficient (Wildman–Crippen LogP) is 0.121. The molecule has 4 nitrogen and oxygen atoms in total. The van der Waals surface area contributed by atoms with Crippen LogP contribution in [0.4, 0.5) is 0 Å². The number of hydrogen-bond donors (Lipinski definition) is 2. The Morgan fingerprint density at radius 2 is 2.46 bits per heavy atom. The van der Waals surface area contributed by atoms with Crippen LogP contribution < -0.4 is 0 Å². The second kappa shape index (κ2) is 4.79. The molecule has 0 saturated heterocycles. The Kier molecular flexibility index (Phi) is 3.67. The van der Waals surface area contributed by atoms with Crippen LogP contribution in [0.3, 0.4) is 0 Å². The SMILES string of the molecule is CN(CCO)CC(=O)c1ccc[nH]1. The maximum Gasteiger partial charge on any atom is 0.192 e. The van der Waals surface area contributed by atoms with Crippen LogP contribution in [0, 0.1) is 0 Å². The number of rotatable bonds is 5. The third-order valence-electron chi connectivity index (χ3n) is 1.79. The fourth-order valence-electron chi connectivity index (χ4n) is 1.08. The summed E-state index contributed by atoms with van der Waals surface area (Å²) in [5, 5.41) is 8.62. The molecule has 0 atom stereocenters. The molecule has 0 amide bonds. The molecule has 2 N–H and O–H groups in total. The van der Waals surface area contributed by atoms with E-state index in [9.17, 15) is 4.79 Å². The van der Waals surface area contributed by atoms with Gasteiger partial charge in [-0.2, -0.15) is 0 Å². The predicted molar refractivity (Wildman–Crippen MR) is 49.7 cm³/mol. The van der Waals surface area contributed by atoms with E-state index in [-0.39, 0.29) is 12.4 Å². The van der Waals surface area contributed by atoms with Crippen LogP contribution in [-0.2, 0) is 0 Å². The summed E-state index contributed by atoms with van der Waals surface area (Å²) in [5.41, 5.74) is 0.616. The second-order valence-corrected chi connectivity index (χ2v) is 2.97. The lowest BCUT2D eigenvalue weighted by molar-refractivity contribution is 0.0931. The average molecular weight is 182 g/mol. The summed E-state index contributed by atoms with van der Waals surface area (Å²) in [4.78, 5) is 16.1. The molecule has 0 aromatic carbocycles. The van der Waals surface area contributed by atoms with Gasteiger partial charge >= 0.3 is 0 Å². The van der Waals surface area contributed by atoms with Gasteiger partial charge in [-0.15, -0.1) is 0 Å². The summed E-state index contributed by atoms with van der Waals surface area (Å²) in [7, 11) is 1.80. The number of nitrogens with zero attached hydrogens (tertiary/aromatic N) is 1. The van der Waals surface area contributed by atoms with E-state index in [2.05, 4.69) is 4.98 Å². The quantitative estimate of drug-likeness (QED) is 0.636. The van der Waals surface area contributed by atoms with Gasteiger partial charge in [0.25, 0.3) is 0 Å². The molecule has 1 rings (SSSR count). The summed E-state index contributed by atoms with van der Waals surface area (Å²) in [6.45, 7) is 0.933. The van der Waals surface area contributed by atoms with Crippen LogP contribution in [-0.4, -0.2) is 47.5 Å². The third-order valence-corrected chi connectivity index (χ3v) is 1.79. The Morgan fingerprint density at radius 3 is 3.00 bits per heavy atom. The van der Waals surface area contributed by atoms with Crippen molar-refractivity contribution in [1.29, 1.82) is 0 Å². The Hall–Kier alpha value is -1.13. The molecule has 0 spiro atoms. The average Bonchev–Trinajstić information content (AvgIpc) is 2.55. The first-order valence-electron chi connectivity index (χ1n) is 4.20. The van der Waals surface area contributed by atoms with Crippen molar-refractivity contribution in [3.8, 4) is 0 Å². The van der Waals surface area contributed by atoms with Gasteiger partial charge in [0, 0.05) is 12.7 Å². The fourth-order valence-corrected chi connectivity index (χ4v) is 1.08. The van der Waals surface area contributed by atoms with E-state index in [1.54, 1.807) is 30.3 Å². The highest BCUT2D eigenvalue weighted by Gasteiger charge is 2.08. The molecular weight excluding hydrogens is 168 g/mol. The number of carbonyl (C=O) groups is 1. The van der Waals surface area contributed by atoms with E-state index < -0.39 is 0 Å². The molecule has 1 heterocycles. The topological polar surface area (TPSA) is 56.3 Å². The molecule has 0 fully saturated rings. The van der Waals surface area contributed by atoms with Gasteiger partial charge in [-0.1, -0.05) is 0 Å². The van der Waals surface area contributed by atoms with Gasteiger partial charge in [-0.25, -0.2) is 0 Å². The van der Waals surface area contributed by atoms with Crippen LogP contribution in [0.15, 0.2) is 18.3 Å². The summed E-state index contributed by atoms with van der Waals surface area (Å²) in [5.74, 6) is 0.0425. The lowest BCUT2D eigenvalue weighted by Crippen LogP contribution is -2.28. The molecule has 0 radical (unpaired) electrons. The maximum atomic E-state index is 11.4. The van der Waals surface area contributed by atoms with E-state index >= 15 is 0 Å². The monoisotopic (exact) mass is 182 g/mol. The number of likely N-dealkylation sites (N-methyl/N-ethyl adjacent to an activating group) is 1. The van der Waals surface area contributed by atoms with Crippen molar-refractivity contribution in [3.05, 3.63) is 24.0 Å². The molecule has 13 heavy (non-hydrogen) atoms. The maximum absolute atomic E-state index is 11.4. The van der Waals surface area contributed by atoms with Crippen LogP contribution in [0.2, 0.25) is 0 Å². The summed E-state index contributed by atoms with van der Waals surface area (Å²) in [6, 6.07) is 3.54. The zero-order chi connectivity index (χ0) is 9.68. The smallest absolute Gasteiger partial charge is 0.192 e. The van der Waals surface area contributed by atoms with Crippen LogP contribution in [0.1, 0.15) is 10.5 Å². The van der Waals surface area contributed by atoms with Crippen LogP contribution in [0.25, 0.3) is 0 Å². The number of aromatic amines is 1. The molecular formula is C9H14N2O2. The van der Waals surface area contributed by atoms with Crippen LogP contribution in [0.5, 0.6) is 0 Å². The van der Waals surface area contributed by atoms with Crippen molar-refractivity contribution in [2.24, 2.45) is 0 Å². The number of H-pyrrole nitrogens is 1. The lowest BCUT2D eigenvalue weighted by Gasteiger charge is -2.12. The normalized spacial score (nSPS) is 10.7. The lowest BCUT2D eigenvalue weighted by atomic mass is 10.3. The van der Waals surface area contributed by atoms with Gasteiger partial charge in [-0.05, 0) is 19.2 Å². The van der Waals surface area contributed by atoms with Gasteiger partial charge in [0.1, 0.15) is 0 Å². The fraction of sp³-hybridized carbons (Fsp3) is 0.444. The first-order valence-corrected chi connectivity index (χ1v) is 4.20. The van der Waals surface area contributed by atoms with Gasteiger partial charge < -0.3 is 10.1 Å². The van der Waals surface area contributed by atoms with Crippen molar-refractivity contribution < 1.29 is 9.90 Å². The molecule has 0 saturated carbocycles. The Bertz CT molecular complexity index is 257. The van der Waals surface area contributed by atoms with Crippen molar-refractivity contribution in [1.82, 2.24) is 9.88 Å². The highest BCUT2D eigenvalue weighted by molar-refractivity contribution is 5.95. The van der Waals surface area contributed by atoms with E-state index in [1.165, 1.54) is 0 Å². The third kappa shape index (κ3) is 3.01. The molecule has 1 aromatic heterocycles. The number of hydrogen-bond acceptors (Lipinski definition) is 3. The van der Waals surface area contributed by atoms with Gasteiger partial charge in [-0.3, -0.25) is 9.69 Å². The summed E-state index contributed by atoms with van der Waals surface area (Å²) >= 11 is 0. The number of Topliss-reactive ketones (excluding diaryl/α,β-unsaturated/α-hetero) is 1. The molecule has 4 heteroatoms. The number of aliphatic hydroxyl groups excluding tert-OH is 1. The minimum Gasteiger partial charge on any atom is -0.395 e. The van der Waals surface area contributed by atoms with Crippen molar-refractivity contribution in [3.63, 3.8) is 0 Å². The van der Waals surface area contributed by atoms with Gasteiger partial charge in [0.05, 0.1) is 18.8 Å². The number of nitrogens with one attached hydrogen (secondary N) is 1. The number of aliphatic hydroxyl groups is 1. The van der Waals surface area contributed by atoms with Gasteiger partial charge in [0.15, 0.2) is 5.78 Å². The number of aromatic nitrogens is 1. The molecule has 0 unspecified atom stereocenters. The van der Waals surface area contributed by atoms with Gasteiger partial charge in [0.2, 0.25) is 0 Å². The molecule has 72 valence electrons. The second-order valence-electron chi connectivity index (χ2n) is 2.97. The molecule has 0 aliphatic rings. The van der Waals surface area contributed by atoms with Crippen molar-refractivity contribution in [2.45, 2.75) is 0 Å². The Labute approximate surface area is 77.2 Å². The van der Waals surface area contributed by atoms with Crippen molar-refractivity contribution >= 4 is 5.78 Å². The zero-order valence-electron chi connectivity index (χ0n) is 7.66. The number of ketones is 1. The number of carbonyl (C=O) groups excluding carboxylic acids is 1.